The molecule has 0 aliphatic rings. The van der Waals surface area contributed by atoms with Crippen LogP contribution >= 0.6 is 0 Å². The Labute approximate surface area is 105 Å². The van der Waals surface area contributed by atoms with Gasteiger partial charge in [-0.1, -0.05) is 12.1 Å². The molecule has 4 nitrogen and oxygen atoms in total. The van der Waals surface area contributed by atoms with E-state index in [1.54, 1.807) is 25.3 Å². The predicted molar refractivity (Wildman–Crippen MR) is 68.6 cm³/mol. The maximum atomic E-state index is 11.0. The van der Waals surface area contributed by atoms with Gasteiger partial charge in [-0.3, -0.25) is 4.79 Å². The molecule has 18 heavy (non-hydrogen) atoms. The average Bonchev–Trinajstić information content (AvgIpc) is 2.38. The highest BCUT2D eigenvalue weighted by atomic mass is 16.5. The number of phenols is 1. The lowest BCUT2D eigenvalue weighted by Crippen LogP contribution is -2.10. The van der Waals surface area contributed by atoms with Crippen molar-refractivity contribution < 1.29 is 14.6 Å². The van der Waals surface area contributed by atoms with Gasteiger partial charge in [-0.15, -0.1) is 0 Å². The number of benzene rings is 2. The van der Waals surface area contributed by atoms with E-state index in [-0.39, 0.29) is 11.3 Å². The summed E-state index contributed by atoms with van der Waals surface area (Å²) >= 11 is 0. The number of methoxy groups -OCH3 is 1. The van der Waals surface area contributed by atoms with E-state index >= 15 is 0 Å². The molecule has 3 N–H and O–H groups in total. The maximum Gasteiger partial charge on any atom is 0.248 e. The Morgan fingerprint density at radius 1 is 1.22 bits per heavy atom. The standard InChI is InChI=1S/C14H13NO3/c1-18-11-4-2-3-9(7-11)12-6-5-10(14(15)17)8-13(12)16/h2-8,16H,1H3,(H2,15,17). The minimum atomic E-state index is -0.567. The molecular weight excluding hydrogens is 230 g/mol. The second-order valence-corrected chi connectivity index (χ2v) is 3.83. The van der Waals surface area contributed by atoms with Crippen molar-refractivity contribution >= 4 is 5.91 Å². The summed E-state index contributed by atoms with van der Waals surface area (Å²) in [6.45, 7) is 0. The van der Waals surface area contributed by atoms with E-state index in [9.17, 15) is 9.90 Å². The van der Waals surface area contributed by atoms with Crippen LogP contribution in [0.1, 0.15) is 10.4 Å². The van der Waals surface area contributed by atoms with Crippen molar-refractivity contribution in [2.75, 3.05) is 7.11 Å². The summed E-state index contributed by atoms with van der Waals surface area (Å²) in [5.74, 6) is 0.146. The van der Waals surface area contributed by atoms with E-state index in [4.69, 9.17) is 10.5 Å². The van der Waals surface area contributed by atoms with Gasteiger partial charge in [0.05, 0.1) is 7.11 Å². The van der Waals surface area contributed by atoms with Crippen molar-refractivity contribution in [3.05, 3.63) is 48.0 Å². The molecule has 2 rings (SSSR count). The summed E-state index contributed by atoms with van der Waals surface area (Å²) in [6.07, 6.45) is 0. The number of ether oxygens (including phenoxy) is 1. The molecule has 92 valence electrons. The molecule has 0 aliphatic heterocycles. The van der Waals surface area contributed by atoms with Crippen LogP contribution in [0.25, 0.3) is 11.1 Å². The average molecular weight is 243 g/mol. The minimum absolute atomic E-state index is 0.0135. The monoisotopic (exact) mass is 243 g/mol. The van der Waals surface area contributed by atoms with Crippen molar-refractivity contribution in [1.29, 1.82) is 0 Å². The molecular formula is C14H13NO3. The lowest BCUT2D eigenvalue weighted by atomic mass is 10.0. The van der Waals surface area contributed by atoms with Gasteiger partial charge < -0.3 is 15.6 Å². The van der Waals surface area contributed by atoms with Crippen LogP contribution in [-0.4, -0.2) is 18.1 Å². The predicted octanol–water partition coefficient (Wildman–Crippen LogP) is 2.17. The molecule has 4 heteroatoms. The highest BCUT2D eigenvalue weighted by Gasteiger charge is 2.08. The third-order valence-electron chi connectivity index (χ3n) is 2.66. The first-order valence-electron chi connectivity index (χ1n) is 5.39. The molecule has 0 aromatic heterocycles. The zero-order chi connectivity index (χ0) is 13.1. The zero-order valence-electron chi connectivity index (χ0n) is 9.88. The molecule has 1 amide bonds. The minimum Gasteiger partial charge on any atom is -0.507 e. The Bertz CT molecular complexity index is 593. The summed E-state index contributed by atoms with van der Waals surface area (Å²) in [5, 5.41) is 9.91. The van der Waals surface area contributed by atoms with Crippen molar-refractivity contribution in [2.45, 2.75) is 0 Å². The first-order valence-corrected chi connectivity index (χ1v) is 5.39. The zero-order valence-corrected chi connectivity index (χ0v) is 9.88. The van der Waals surface area contributed by atoms with Crippen LogP contribution in [-0.2, 0) is 0 Å². The molecule has 0 radical (unpaired) electrons. The van der Waals surface area contributed by atoms with E-state index in [1.165, 1.54) is 6.07 Å². The van der Waals surface area contributed by atoms with E-state index in [2.05, 4.69) is 0 Å². The molecule has 0 saturated carbocycles. The number of carbonyl (C=O) groups excluding carboxylic acids is 1. The summed E-state index contributed by atoms with van der Waals surface area (Å²) < 4.78 is 5.12. The van der Waals surface area contributed by atoms with E-state index in [0.29, 0.717) is 11.3 Å². The number of phenolic OH excluding ortho intramolecular Hbond substituents is 1. The van der Waals surface area contributed by atoms with Gasteiger partial charge in [-0.2, -0.15) is 0 Å². The van der Waals surface area contributed by atoms with Crippen LogP contribution in [0.5, 0.6) is 11.5 Å². The van der Waals surface area contributed by atoms with Crippen molar-refractivity contribution in [2.24, 2.45) is 5.73 Å². The van der Waals surface area contributed by atoms with Gasteiger partial charge in [0.15, 0.2) is 0 Å². The third-order valence-corrected chi connectivity index (χ3v) is 2.66. The Morgan fingerprint density at radius 2 is 2.00 bits per heavy atom. The number of nitrogens with two attached hydrogens (primary N) is 1. The van der Waals surface area contributed by atoms with Gasteiger partial charge in [0.25, 0.3) is 0 Å². The number of hydrogen-bond acceptors (Lipinski definition) is 3. The Balaban J connectivity index is 2.47. The number of rotatable bonds is 3. The highest BCUT2D eigenvalue weighted by Crippen LogP contribution is 2.31. The summed E-state index contributed by atoms with van der Waals surface area (Å²) in [4.78, 5) is 11.0. The van der Waals surface area contributed by atoms with Gasteiger partial charge in [-0.05, 0) is 35.9 Å². The van der Waals surface area contributed by atoms with Gasteiger partial charge in [0, 0.05) is 11.1 Å². The Morgan fingerprint density at radius 3 is 2.61 bits per heavy atom. The SMILES string of the molecule is COc1cccc(-c2ccc(C(N)=O)cc2O)c1. The molecule has 2 aromatic rings. The van der Waals surface area contributed by atoms with Crippen molar-refractivity contribution in [1.82, 2.24) is 0 Å². The van der Waals surface area contributed by atoms with Gasteiger partial charge in [0.2, 0.25) is 5.91 Å². The number of carbonyl (C=O) groups is 1. The molecule has 0 unspecified atom stereocenters. The Kier molecular flexibility index (Phi) is 3.19. The second kappa shape index (κ2) is 4.79. The van der Waals surface area contributed by atoms with Gasteiger partial charge in [-0.25, -0.2) is 0 Å². The molecule has 0 saturated heterocycles. The molecule has 0 spiro atoms. The lowest BCUT2D eigenvalue weighted by Gasteiger charge is -2.07. The van der Waals surface area contributed by atoms with Crippen LogP contribution < -0.4 is 10.5 Å². The fraction of sp³-hybridized carbons (Fsp3) is 0.0714. The van der Waals surface area contributed by atoms with Crippen LogP contribution in [0.4, 0.5) is 0 Å². The van der Waals surface area contributed by atoms with Crippen LogP contribution in [0.3, 0.4) is 0 Å². The van der Waals surface area contributed by atoms with Crippen molar-refractivity contribution in [3.8, 4) is 22.6 Å². The second-order valence-electron chi connectivity index (χ2n) is 3.83. The third kappa shape index (κ3) is 2.27. The van der Waals surface area contributed by atoms with Gasteiger partial charge in [0.1, 0.15) is 11.5 Å². The van der Waals surface area contributed by atoms with E-state index in [0.717, 1.165) is 5.56 Å². The first kappa shape index (κ1) is 12.0. The molecule has 0 fully saturated rings. The molecule has 0 aliphatic carbocycles. The number of hydrogen-bond donors (Lipinski definition) is 2. The summed E-state index contributed by atoms with van der Waals surface area (Å²) in [5.41, 5.74) is 6.86. The Hall–Kier alpha value is -2.49. The van der Waals surface area contributed by atoms with E-state index in [1.807, 2.05) is 18.2 Å². The summed E-state index contributed by atoms with van der Waals surface area (Å²) in [7, 11) is 1.58. The normalized spacial score (nSPS) is 10.1. The van der Waals surface area contributed by atoms with Crippen LogP contribution in [0.15, 0.2) is 42.5 Å². The lowest BCUT2D eigenvalue weighted by molar-refractivity contribution is 0.1000. The topological polar surface area (TPSA) is 72.5 Å². The van der Waals surface area contributed by atoms with E-state index < -0.39 is 5.91 Å². The number of primary amides is 1. The first-order chi connectivity index (χ1) is 8.61. The maximum absolute atomic E-state index is 11.0. The molecule has 0 bridgehead atoms. The largest absolute Gasteiger partial charge is 0.507 e. The quantitative estimate of drug-likeness (QED) is 0.867. The number of aromatic hydroxyl groups is 1. The van der Waals surface area contributed by atoms with Crippen LogP contribution in [0, 0.1) is 0 Å². The van der Waals surface area contributed by atoms with Crippen molar-refractivity contribution in [3.63, 3.8) is 0 Å². The number of amides is 1. The van der Waals surface area contributed by atoms with Gasteiger partial charge >= 0.3 is 0 Å². The fourth-order valence-corrected chi connectivity index (χ4v) is 1.72. The molecule has 0 heterocycles. The highest BCUT2D eigenvalue weighted by molar-refractivity contribution is 5.94. The van der Waals surface area contributed by atoms with Crippen LogP contribution in [0.2, 0.25) is 0 Å². The molecule has 0 atom stereocenters. The fourth-order valence-electron chi connectivity index (χ4n) is 1.72. The smallest absolute Gasteiger partial charge is 0.248 e. The molecule has 2 aromatic carbocycles. The summed E-state index contributed by atoms with van der Waals surface area (Å²) in [6, 6.07) is 11.9.